The van der Waals surface area contributed by atoms with Crippen molar-refractivity contribution in [3.63, 3.8) is 0 Å². The fraction of sp³-hybridized carbons (Fsp3) is 0.889. The maximum Gasteiger partial charge on any atom is 0.164 e. The lowest BCUT2D eigenvalue weighted by molar-refractivity contribution is -0.131. The van der Waals surface area contributed by atoms with Crippen molar-refractivity contribution in [3.8, 4) is 0 Å². The first-order valence-corrected chi connectivity index (χ1v) is 4.54. The van der Waals surface area contributed by atoms with Crippen LogP contribution >= 0.6 is 0 Å². The normalized spacial score (nSPS) is 53.6. The van der Waals surface area contributed by atoms with Crippen molar-refractivity contribution in [2.75, 3.05) is 0 Å². The Hall–Kier alpha value is -0.370. The number of hydrogen-bond donors (Lipinski definition) is 0. The Kier molecular flexibility index (Phi) is 1.05. The number of fused-ring (bicyclic) bond motifs is 2. The summed E-state index contributed by atoms with van der Waals surface area (Å²) in [7, 11) is 0. The summed E-state index contributed by atoms with van der Waals surface area (Å²) in [5.41, 5.74) is 0. The molecule has 2 saturated carbocycles. The van der Waals surface area contributed by atoms with Gasteiger partial charge in [-0.2, -0.15) is 0 Å². The summed E-state index contributed by atoms with van der Waals surface area (Å²) in [4.78, 5) is 11.5. The summed E-state index contributed by atoms with van der Waals surface area (Å²) in [6.45, 7) is 0. The third-order valence-electron chi connectivity index (χ3n) is 3.49. The molecule has 0 N–H and O–H groups in total. The highest BCUT2D eigenvalue weighted by atomic mass is 16.5. The molecule has 0 spiro atoms. The summed E-state index contributed by atoms with van der Waals surface area (Å²) in [5.74, 6) is 1.51. The van der Waals surface area contributed by atoms with E-state index in [-0.39, 0.29) is 6.10 Å². The van der Waals surface area contributed by atoms with Gasteiger partial charge in [0.25, 0.3) is 0 Å². The fourth-order valence-electron chi connectivity index (χ4n) is 2.91. The van der Waals surface area contributed by atoms with Crippen molar-refractivity contribution in [3.05, 3.63) is 0 Å². The van der Waals surface area contributed by atoms with Crippen molar-refractivity contribution in [1.82, 2.24) is 0 Å². The molecule has 3 aliphatic rings. The first kappa shape index (κ1) is 6.18. The zero-order chi connectivity index (χ0) is 7.42. The van der Waals surface area contributed by atoms with Gasteiger partial charge < -0.3 is 4.74 Å². The standard InChI is InChI=1S/C9H12O2/c10-9-5-1-2-7-6(3-5)4-8(9)11-7/h5-8H,1-4H2. The minimum Gasteiger partial charge on any atom is -0.367 e. The van der Waals surface area contributed by atoms with Crippen LogP contribution in [0, 0.1) is 11.8 Å². The van der Waals surface area contributed by atoms with Gasteiger partial charge in [-0.3, -0.25) is 4.79 Å². The predicted octanol–water partition coefficient (Wildman–Crippen LogP) is 1.14. The van der Waals surface area contributed by atoms with Crippen LogP contribution in [0.3, 0.4) is 0 Å². The van der Waals surface area contributed by atoms with Crippen LogP contribution in [0.15, 0.2) is 0 Å². The van der Waals surface area contributed by atoms with Gasteiger partial charge in [0, 0.05) is 5.92 Å². The van der Waals surface area contributed by atoms with Crippen molar-refractivity contribution >= 4 is 5.78 Å². The number of ether oxygens (including phenoxy) is 1. The predicted molar refractivity (Wildman–Crippen MR) is 39.1 cm³/mol. The monoisotopic (exact) mass is 152 g/mol. The second-order valence-corrected chi connectivity index (χ2v) is 4.07. The highest BCUT2D eigenvalue weighted by molar-refractivity contribution is 5.87. The van der Waals surface area contributed by atoms with Gasteiger partial charge in [-0.05, 0) is 31.6 Å². The molecule has 3 fully saturated rings. The number of rotatable bonds is 0. The first-order valence-electron chi connectivity index (χ1n) is 4.54. The van der Waals surface area contributed by atoms with Crippen molar-refractivity contribution in [1.29, 1.82) is 0 Å². The zero-order valence-electron chi connectivity index (χ0n) is 6.45. The molecule has 0 aromatic carbocycles. The summed E-state index contributed by atoms with van der Waals surface area (Å²) in [6, 6.07) is 0. The van der Waals surface area contributed by atoms with E-state index in [4.69, 9.17) is 4.74 Å². The first-order chi connectivity index (χ1) is 5.34. The van der Waals surface area contributed by atoms with Crippen LogP contribution in [-0.4, -0.2) is 18.0 Å². The molecule has 2 nitrogen and oxygen atoms in total. The van der Waals surface area contributed by atoms with Gasteiger partial charge in [0.2, 0.25) is 0 Å². The van der Waals surface area contributed by atoms with Crippen LogP contribution in [0.25, 0.3) is 0 Å². The summed E-state index contributed by atoms with van der Waals surface area (Å²) in [5, 5.41) is 0. The summed E-state index contributed by atoms with van der Waals surface area (Å²) >= 11 is 0. The van der Waals surface area contributed by atoms with E-state index in [1.165, 1.54) is 0 Å². The van der Waals surface area contributed by atoms with Crippen LogP contribution in [0.4, 0.5) is 0 Å². The van der Waals surface area contributed by atoms with E-state index in [0.717, 1.165) is 31.6 Å². The third kappa shape index (κ3) is 0.684. The van der Waals surface area contributed by atoms with Gasteiger partial charge >= 0.3 is 0 Å². The maximum absolute atomic E-state index is 11.5. The smallest absolute Gasteiger partial charge is 0.164 e. The van der Waals surface area contributed by atoms with Crippen molar-refractivity contribution in [2.45, 2.75) is 37.9 Å². The molecule has 1 heterocycles. The summed E-state index contributed by atoms with van der Waals surface area (Å²) in [6.07, 6.45) is 4.84. The van der Waals surface area contributed by atoms with Crippen LogP contribution in [0.2, 0.25) is 0 Å². The molecule has 3 rings (SSSR count). The average Bonchev–Trinajstić information content (AvgIpc) is 2.33. The number of carbonyl (C=O) groups is 1. The zero-order valence-corrected chi connectivity index (χ0v) is 6.45. The second kappa shape index (κ2) is 1.86. The molecule has 2 heteroatoms. The molecule has 0 aromatic rings. The Morgan fingerprint density at radius 3 is 3.09 bits per heavy atom. The van der Waals surface area contributed by atoms with Gasteiger partial charge in [0.05, 0.1) is 6.10 Å². The number of Topliss-reactive ketones (excluding diaryl/α,β-unsaturated/α-hetero) is 1. The molecule has 0 radical (unpaired) electrons. The summed E-state index contributed by atoms with van der Waals surface area (Å²) < 4.78 is 5.64. The lowest BCUT2D eigenvalue weighted by Gasteiger charge is -2.29. The lowest BCUT2D eigenvalue weighted by atomic mass is 9.72. The number of hydrogen-bond acceptors (Lipinski definition) is 2. The average molecular weight is 152 g/mol. The Bertz CT molecular complexity index is 202. The fourth-order valence-corrected chi connectivity index (χ4v) is 2.91. The van der Waals surface area contributed by atoms with Gasteiger partial charge in [-0.15, -0.1) is 0 Å². The maximum atomic E-state index is 11.5. The van der Waals surface area contributed by atoms with Gasteiger partial charge in [-0.1, -0.05) is 0 Å². The van der Waals surface area contributed by atoms with Crippen LogP contribution < -0.4 is 0 Å². The van der Waals surface area contributed by atoms with E-state index in [9.17, 15) is 4.79 Å². The molecule has 0 aromatic heterocycles. The highest BCUT2D eigenvalue weighted by Gasteiger charge is 2.50. The Morgan fingerprint density at radius 1 is 1.27 bits per heavy atom. The van der Waals surface area contributed by atoms with E-state index in [0.29, 0.717) is 17.8 Å². The molecule has 1 aliphatic heterocycles. The molecule has 4 unspecified atom stereocenters. The lowest BCUT2D eigenvalue weighted by Crippen LogP contribution is -2.34. The minimum absolute atomic E-state index is 0.00579. The molecular weight excluding hydrogens is 140 g/mol. The van der Waals surface area contributed by atoms with E-state index in [1.54, 1.807) is 0 Å². The molecule has 2 aliphatic carbocycles. The molecule has 4 atom stereocenters. The molecule has 1 saturated heterocycles. The largest absolute Gasteiger partial charge is 0.367 e. The third-order valence-corrected chi connectivity index (χ3v) is 3.49. The van der Waals surface area contributed by atoms with Crippen LogP contribution in [0.1, 0.15) is 25.7 Å². The molecule has 60 valence electrons. The molecule has 3 bridgehead atoms. The Labute approximate surface area is 65.9 Å². The number of carbonyl (C=O) groups excluding carboxylic acids is 1. The molecular formula is C9H12O2. The molecule has 0 amide bonds. The molecule has 11 heavy (non-hydrogen) atoms. The van der Waals surface area contributed by atoms with Gasteiger partial charge in [0.15, 0.2) is 5.78 Å². The van der Waals surface area contributed by atoms with Gasteiger partial charge in [-0.25, -0.2) is 0 Å². The highest BCUT2D eigenvalue weighted by Crippen LogP contribution is 2.46. The van der Waals surface area contributed by atoms with Gasteiger partial charge in [0.1, 0.15) is 6.10 Å². The van der Waals surface area contributed by atoms with E-state index >= 15 is 0 Å². The van der Waals surface area contributed by atoms with E-state index < -0.39 is 0 Å². The SMILES string of the molecule is O=C1C2CCC3OC1CC3C2. The second-order valence-electron chi connectivity index (χ2n) is 4.07. The topological polar surface area (TPSA) is 26.3 Å². The van der Waals surface area contributed by atoms with Crippen molar-refractivity contribution < 1.29 is 9.53 Å². The van der Waals surface area contributed by atoms with Crippen molar-refractivity contribution in [2.24, 2.45) is 11.8 Å². The Balaban J connectivity index is 2.01. The van der Waals surface area contributed by atoms with Crippen LogP contribution in [-0.2, 0) is 9.53 Å². The van der Waals surface area contributed by atoms with E-state index in [1.807, 2.05) is 0 Å². The quantitative estimate of drug-likeness (QED) is 0.520. The Morgan fingerprint density at radius 2 is 2.18 bits per heavy atom. The minimum atomic E-state index is 0.00579. The van der Waals surface area contributed by atoms with E-state index in [2.05, 4.69) is 0 Å². The van der Waals surface area contributed by atoms with Crippen LogP contribution in [0.5, 0.6) is 0 Å². The number of ketones is 1.